The number of nitrogens with one attached hydrogen (secondary N) is 2. The van der Waals surface area contributed by atoms with Crippen molar-refractivity contribution in [3.8, 4) is 11.4 Å². The summed E-state index contributed by atoms with van der Waals surface area (Å²) in [5.74, 6) is -3.25. The topological polar surface area (TPSA) is 110 Å². The normalized spacial score (nSPS) is 11.6. The monoisotopic (exact) mass is 448 g/mol. The van der Waals surface area contributed by atoms with E-state index < -0.39 is 51.2 Å². The molecule has 0 aliphatic rings. The van der Waals surface area contributed by atoms with Gasteiger partial charge in [0.25, 0.3) is 0 Å². The number of rotatable bonds is 5. The minimum atomic E-state index is -4.79. The molecule has 0 spiro atoms. The number of aromatic nitrogens is 4. The van der Waals surface area contributed by atoms with Crippen molar-refractivity contribution >= 4 is 23.1 Å². The first-order valence-electron chi connectivity index (χ1n) is 8.00. The summed E-state index contributed by atoms with van der Waals surface area (Å²) < 4.78 is 67.6. The summed E-state index contributed by atoms with van der Waals surface area (Å²) in [6, 6.07) is 1.70. The number of imidazole rings is 1. The molecule has 0 amide bonds. The van der Waals surface area contributed by atoms with Crippen LogP contribution < -0.4 is 5.32 Å². The van der Waals surface area contributed by atoms with Crippen molar-refractivity contribution in [2.75, 3.05) is 5.32 Å². The second kappa shape index (κ2) is 7.82. The highest BCUT2D eigenvalue weighted by molar-refractivity contribution is 6.28. The quantitative estimate of drug-likeness (QED) is 0.254. The van der Waals surface area contributed by atoms with Gasteiger partial charge in [-0.2, -0.15) is 18.2 Å². The van der Waals surface area contributed by atoms with Crippen LogP contribution in [0.2, 0.25) is 5.28 Å². The molecule has 3 rings (SSSR count). The van der Waals surface area contributed by atoms with Gasteiger partial charge in [-0.1, -0.05) is 0 Å². The summed E-state index contributed by atoms with van der Waals surface area (Å²) in [6.45, 7) is 0.778. The largest absolute Gasteiger partial charge is 0.435 e. The van der Waals surface area contributed by atoms with Crippen LogP contribution in [0.3, 0.4) is 0 Å². The van der Waals surface area contributed by atoms with Gasteiger partial charge in [-0.3, -0.25) is 10.1 Å². The smallest absolute Gasteiger partial charge is 0.360 e. The van der Waals surface area contributed by atoms with Gasteiger partial charge in [0.05, 0.1) is 10.5 Å². The molecule has 2 aromatic heterocycles. The van der Waals surface area contributed by atoms with E-state index in [0.29, 0.717) is 0 Å². The Morgan fingerprint density at radius 1 is 1.23 bits per heavy atom. The van der Waals surface area contributed by atoms with E-state index in [1.165, 1.54) is 0 Å². The van der Waals surface area contributed by atoms with Crippen LogP contribution >= 0.6 is 11.6 Å². The highest BCUT2D eigenvalue weighted by Gasteiger charge is 2.36. The molecule has 30 heavy (non-hydrogen) atoms. The van der Waals surface area contributed by atoms with Gasteiger partial charge in [-0.25, -0.2) is 18.7 Å². The Hall–Kier alpha value is -3.35. The molecule has 14 heteroatoms. The molecule has 0 radical (unpaired) electrons. The summed E-state index contributed by atoms with van der Waals surface area (Å²) in [5.41, 5.74) is -2.96. The molecule has 0 saturated heterocycles. The van der Waals surface area contributed by atoms with Crippen molar-refractivity contribution in [3.63, 3.8) is 0 Å². The summed E-state index contributed by atoms with van der Waals surface area (Å²) in [5, 5.41) is 13.2. The Labute approximate surface area is 169 Å². The lowest BCUT2D eigenvalue weighted by Crippen LogP contribution is -2.07. The Morgan fingerprint density at radius 2 is 1.87 bits per heavy atom. The number of hydrogen-bond donors (Lipinski definition) is 2. The molecule has 0 fully saturated rings. The highest BCUT2D eigenvalue weighted by atomic mass is 35.5. The molecule has 3 aromatic rings. The third-order valence-corrected chi connectivity index (χ3v) is 4.07. The van der Waals surface area contributed by atoms with Crippen molar-refractivity contribution in [1.29, 1.82) is 0 Å². The van der Waals surface area contributed by atoms with Crippen LogP contribution in [0.15, 0.2) is 18.3 Å². The van der Waals surface area contributed by atoms with E-state index in [2.05, 4.69) is 25.3 Å². The van der Waals surface area contributed by atoms with E-state index >= 15 is 0 Å². The summed E-state index contributed by atoms with van der Waals surface area (Å²) >= 11 is 5.59. The van der Waals surface area contributed by atoms with Crippen LogP contribution in [-0.4, -0.2) is 24.9 Å². The van der Waals surface area contributed by atoms with E-state index in [4.69, 9.17) is 11.6 Å². The molecule has 0 aliphatic heterocycles. The van der Waals surface area contributed by atoms with Crippen LogP contribution in [0.25, 0.3) is 11.4 Å². The van der Waals surface area contributed by atoms with E-state index in [-0.39, 0.29) is 23.2 Å². The van der Waals surface area contributed by atoms with Gasteiger partial charge in [0.15, 0.2) is 5.69 Å². The Balaban J connectivity index is 1.90. The van der Waals surface area contributed by atoms with Gasteiger partial charge in [0, 0.05) is 12.2 Å². The van der Waals surface area contributed by atoms with Crippen LogP contribution in [0.5, 0.6) is 0 Å². The Morgan fingerprint density at radius 3 is 2.40 bits per heavy atom. The molecule has 0 saturated carbocycles. The number of hydrogen-bond acceptors (Lipinski definition) is 6. The molecular weight excluding hydrogens is 439 g/mol. The predicted molar refractivity (Wildman–Crippen MR) is 94.7 cm³/mol. The first-order chi connectivity index (χ1) is 14.0. The number of nitrogens with zero attached hydrogens (tertiary/aromatic N) is 4. The van der Waals surface area contributed by atoms with Crippen molar-refractivity contribution in [1.82, 2.24) is 19.9 Å². The molecule has 158 valence electrons. The Bertz CT molecular complexity index is 1110. The number of benzene rings is 1. The number of aryl methyl sites for hydroxylation is 1. The minimum Gasteiger partial charge on any atom is -0.360 e. The zero-order valence-electron chi connectivity index (χ0n) is 14.8. The molecule has 2 N–H and O–H groups in total. The van der Waals surface area contributed by atoms with E-state index in [1.54, 1.807) is 0 Å². The third kappa shape index (κ3) is 4.30. The lowest BCUT2D eigenvalue weighted by Gasteiger charge is -2.09. The molecule has 0 aliphatic carbocycles. The molecule has 1 aromatic carbocycles. The van der Waals surface area contributed by atoms with Crippen molar-refractivity contribution in [2.45, 2.75) is 19.6 Å². The molecule has 0 bridgehead atoms. The van der Waals surface area contributed by atoms with Crippen LogP contribution in [0.1, 0.15) is 17.0 Å². The fraction of sp³-hybridized carbons (Fsp3) is 0.188. The third-order valence-electron chi connectivity index (χ3n) is 3.89. The lowest BCUT2D eigenvalue weighted by molar-refractivity contribution is -0.384. The first kappa shape index (κ1) is 21.4. The van der Waals surface area contributed by atoms with E-state index in [0.717, 1.165) is 25.3 Å². The van der Waals surface area contributed by atoms with Gasteiger partial charge in [-0.05, 0) is 36.2 Å². The maximum atomic E-state index is 14.5. The fourth-order valence-corrected chi connectivity index (χ4v) is 2.75. The van der Waals surface area contributed by atoms with E-state index in [1.807, 2.05) is 0 Å². The zero-order chi connectivity index (χ0) is 22.2. The number of nitro groups is 1. The maximum absolute atomic E-state index is 14.5. The van der Waals surface area contributed by atoms with Gasteiger partial charge in [0.1, 0.15) is 23.7 Å². The van der Waals surface area contributed by atoms with Gasteiger partial charge in [-0.15, -0.1) is 0 Å². The molecule has 2 heterocycles. The summed E-state index contributed by atoms with van der Waals surface area (Å²) in [7, 11) is 0. The van der Waals surface area contributed by atoms with Gasteiger partial charge >= 0.3 is 11.9 Å². The molecule has 0 unspecified atom stereocenters. The minimum absolute atomic E-state index is 0.00268. The average molecular weight is 449 g/mol. The van der Waals surface area contributed by atoms with Gasteiger partial charge in [0.2, 0.25) is 11.1 Å². The second-order valence-electron chi connectivity index (χ2n) is 5.97. The number of H-pyrrole nitrogens is 1. The van der Waals surface area contributed by atoms with Crippen LogP contribution in [-0.2, 0) is 12.7 Å². The SMILES string of the molecule is Cc1[nH]c(-c2c(F)cc(CNc3nc(Cl)ncc3[N+](=O)[O-])cc2F)nc1C(F)(F)F. The van der Waals surface area contributed by atoms with Gasteiger partial charge < -0.3 is 10.3 Å². The Kier molecular flexibility index (Phi) is 5.57. The maximum Gasteiger partial charge on any atom is 0.435 e. The first-order valence-corrected chi connectivity index (χ1v) is 8.38. The number of anilines is 1. The van der Waals surface area contributed by atoms with Crippen molar-refractivity contribution in [2.24, 2.45) is 0 Å². The second-order valence-corrected chi connectivity index (χ2v) is 6.31. The predicted octanol–water partition coefficient (Wildman–Crippen LogP) is 4.65. The number of aromatic amines is 1. The molecular formula is C16H10ClF5N6O2. The lowest BCUT2D eigenvalue weighted by atomic mass is 10.1. The van der Waals surface area contributed by atoms with Crippen molar-refractivity contribution in [3.05, 3.63) is 62.3 Å². The van der Waals surface area contributed by atoms with E-state index in [9.17, 15) is 32.1 Å². The summed E-state index contributed by atoms with van der Waals surface area (Å²) in [4.78, 5) is 22.8. The highest BCUT2D eigenvalue weighted by Crippen LogP contribution is 2.34. The molecule has 0 atom stereocenters. The number of halogens is 6. The molecule has 8 nitrogen and oxygen atoms in total. The fourth-order valence-electron chi connectivity index (χ4n) is 2.61. The zero-order valence-corrected chi connectivity index (χ0v) is 15.6. The van der Waals surface area contributed by atoms with Crippen molar-refractivity contribution < 1.29 is 26.9 Å². The summed E-state index contributed by atoms with van der Waals surface area (Å²) in [6.07, 6.45) is -3.93. The number of alkyl halides is 3. The van der Waals surface area contributed by atoms with Crippen LogP contribution in [0.4, 0.5) is 33.5 Å². The van der Waals surface area contributed by atoms with Crippen LogP contribution in [0, 0.1) is 28.7 Å². The standard InChI is InChI=1S/C16H10ClF5N6O2/c1-6-12(16(20,21)22)26-14(25-6)11-8(18)2-7(3-9(11)19)4-23-13-10(28(29)30)5-24-15(17)27-13/h2-3,5H,4H2,1H3,(H,25,26)(H,23,24,27). The average Bonchev–Trinajstić information content (AvgIpc) is 3.00.